The van der Waals surface area contributed by atoms with Crippen LogP contribution in [0.3, 0.4) is 0 Å². The number of nitrogens with one attached hydrogen (secondary N) is 2. The summed E-state index contributed by atoms with van der Waals surface area (Å²) in [6, 6.07) is 5.85. The van der Waals surface area contributed by atoms with Crippen LogP contribution in [-0.2, 0) is 11.2 Å². The van der Waals surface area contributed by atoms with Crippen LogP contribution in [0.15, 0.2) is 23.2 Å². The molecule has 1 amide bonds. The van der Waals surface area contributed by atoms with Crippen LogP contribution in [0.5, 0.6) is 11.5 Å². The second-order valence-electron chi connectivity index (χ2n) is 5.35. The topological polar surface area (TPSA) is 75.2 Å². The summed E-state index contributed by atoms with van der Waals surface area (Å²) < 4.78 is 10.5. The minimum Gasteiger partial charge on any atom is -0.493 e. The van der Waals surface area contributed by atoms with Crippen molar-refractivity contribution in [1.82, 2.24) is 15.5 Å². The molecule has 1 aromatic carbocycles. The van der Waals surface area contributed by atoms with Gasteiger partial charge in [-0.3, -0.25) is 4.79 Å². The third kappa shape index (κ3) is 6.36. The highest BCUT2D eigenvalue weighted by Gasteiger charge is 2.06. The molecule has 0 aromatic heterocycles. The molecule has 1 aromatic rings. The third-order valence-corrected chi connectivity index (χ3v) is 3.37. The van der Waals surface area contributed by atoms with E-state index in [1.807, 2.05) is 25.1 Å². The smallest absolute Gasteiger partial charge is 0.243 e. The Kier molecular flexibility index (Phi) is 8.46. The van der Waals surface area contributed by atoms with Gasteiger partial charge in [0.25, 0.3) is 0 Å². The van der Waals surface area contributed by atoms with Crippen LogP contribution in [0.1, 0.15) is 12.5 Å². The SMILES string of the molecule is CCNC(=NCC(=O)N(C)C)NCCc1ccc(OC)c(OC)c1. The van der Waals surface area contributed by atoms with Crippen LogP contribution >= 0.6 is 0 Å². The maximum absolute atomic E-state index is 11.6. The molecule has 24 heavy (non-hydrogen) atoms. The molecule has 0 atom stereocenters. The maximum Gasteiger partial charge on any atom is 0.243 e. The molecule has 7 nitrogen and oxygen atoms in total. The lowest BCUT2D eigenvalue weighted by Gasteiger charge is -2.13. The van der Waals surface area contributed by atoms with Gasteiger partial charge in [0.2, 0.25) is 5.91 Å². The van der Waals surface area contributed by atoms with Crippen molar-refractivity contribution in [3.63, 3.8) is 0 Å². The Morgan fingerprint density at radius 1 is 1.17 bits per heavy atom. The van der Waals surface area contributed by atoms with Crippen LogP contribution in [0.2, 0.25) is 0 Å². The zero-order chi connectivity index (χ0) is 17.9. The van der Waals surface area contributed by atoms with E-state index >= 15 is 0 Å². The van der Waals surface area contributed by atoms with E-state index in [0.29, 0.717) is 24.0 Å². The number of carbonyl (C=O) groups excluding carboxylic acids is 1. The molecule has 0 aliphatic rings. The van der Waals surface area contributed by atoms with Crippen LogP contribution in [0.25, 0.3) is 0 Å². The van der Waals surface area contributed by atoms with Crippen molar-refractivity contribution < 1.29 is 14.3 Å². The van der Waals surface area contributed by atoms with Gasteiger partial charge >= 0.3 is 0 Å². The zero-order valence-corrected chi connectivity index (χ0v) is 15.2. The van der Waals surface area contributed by atoms with Crippen LogP contribution in [-0.4, -0.2) is 64.7 Å². The van der Waals surface area contributed by atoms with E-state index in [-0.39, 0.29) is 12.5 Å². The van der Waals surface area contributed by atoms with Gasteiger partial charge in [-0.1, -0.05) is 6.07 Å². The molecular weight excluding hydrogens is 308 g/mol. The minimum absolute atomic E-state index is 0.0351. The summed E-state index contributed by atoms with van der Waals surface area (Å²) in [7, 11) is 6.68. The summed E-state index contributed by atoms with van der Waals surface area (Å²) in [5, 5.41) is 6.35. The first-order valence-electron chi connectivity index (χ1n) is 7.95. The molecule has 1 rings (SSSR count). The molecule has 0 bridgehead atoms. The van der Waals surface area contributed by atoms with E-state index in [9.17, 15) is 4.79 Å². The highest BCUT2D eigenvalue weighted by Crippen LogP contribution is 2.27. The van der Waals surface area contributed by atoms with Crippen molar-refractivity contribution in [2.24, 2.45) is 4.99 Å². The Morgan fingerprint density at radius 2 is 1.88 bits per heavy atom. The van der Waals surface area contributed by atoms with Crippen molar-refractivity contribution >= 4 is 11.9 Å². The number of rotatable bonds is 8. The standard InChI is InChI=1S/C17H28N4O3/c1-6-18-17(20-12-16(22)21(2)3)19-10-9-13-7-8-14(23-4)15(11-13)24-5/h7-8,11H,6,9-10,12H2,1-5H3,(H2,18,19,20). The fourth-order valence-corrected chi connectivity index (χ4v) is 1.99. The van der Waals surface area contributed by atoms with Gasteiger partial charge in [-0.05, 0) is 31.0 Å². The number of amides is 1. The molecule has 7 heteroatoms. The normalized spacial score (nSPS) is 11.0. The van der Waals surface area contributed by atoms with Gasteiger partial charge in [0, 0.05) is 27.2 Å². The average Bonchev–Trinajstić information content (AvgIpc) is 2.58. The van der Waals surface area contributed by atoms with Gasteiger partial charge in [0.1, 0.15) is 6.54 Å². The summed E-state index contributed by atoms with van der Waals surface area (Å²) >= 11 is 0. The largest absolute Gasteiger partial charge is 0.493 e. The zero-order valence-electron chi connectivity index (χ0n) is 15.2. The van der Waals surface area contributed by atoms with Crippen molar-refractivity contribution in [2.75, 3.05) is 47.9 Å². The van der Waals surface area contributed by atoms with Crippen molar-refractivity contribution in [1.29, 1.82) is 0 Å². The Labute approximate surface area is 144 Å². The van der Waals surface area contributed by atoms with Gasteiger partial charge in [0.05, 0.1) is 14.2 Å². The average molecular weight is 336 g/mol. The Hall–Kier alpha value is -2.44. The summed E-state index contributed by atoms with van der Waals surface area (Å²) in [6.45, 7) is 3.54. The number of carbonyl (C=O) groups is 1. The van der Waals surface area contributed by atoms with Crippen molar-refractivity contribution in [2.45, 2.75) is 13.3 Å². The second kappa shape index (κ2) is 10.4. The highest BCUT2D eigenvalue weighted by atomic mass is 16.5. The van der Waals surface area contributed by atoms with E-state index in [2.05, 4.69) is 15.6 Å². The molecule has 0 aliphatic carbocycles. The van der Waals surface area contributed by atoms with Crippen molar-refractivity contribution in [3.8, 4) is 11.5 Å². The van der Waals surface area contributed by atoms with Crippen molar-refractivity contribution in [3.05, 3.63) is 23.8 Å². The van der Waals surface area contributed by atoms with Crippen LogP contribution in [0.4, 0.5) is 0 Å². The quantitative estimate of drug-likeness (QED) is 0.545. The van der Waals surface area contributed by atoms with Gasteiger partial charge < -0.3 is 25.0 Å². The number of likely N-dealkylation sites (N-methyl/N-ethyl adjacent to an activating group) is 1. The predicted octanol–water partition coefficient (Wildman–Crippen LogP) is 0.890. The van der Waals surface area contributed by atoms with Gasteiger partial charge in [-0.2, -0.15) is 0 Å². The number of nitrogens with zero attached hydrogens (tertiary/aromatic N) is 2. The van der Waals surface area contributed by atoms with Gasteiger partial charge in [0.15, 0.2) is 17.5 Å². The van der Waals surface area contributed by atoms with Crippen LogP contribution in [0, 0.1) is 0 Å². The number of guanidine groups is 1. The summed E-state index contributed by atoms with van der Waals surface area (Å²) in [5.74, 6) is 2.03. The Morgan fingerprint density at radius 3 is 2.46 bits per heavy atom. The highest BCUT2D eigenvalue weighted by molar-refractivity contribution is 5.84. The fourth-order valence-electron chi connectivity index (χ4n) is 1.99. The Balaban J connectivity index is 2.59. The molecule has 0 spiro atoms. The van der Waals surface area contributed by atoms with Gasteiger partial charge in [-0.25, -0.2) is 4.99 Å². The van der Waals surface area contributed by atoms with E-state index in [1.165, 1.54) is 4.90 Å². The number of hydrogen-bond donors (Lipinski definition) is 2. The first kappa shape index (κ1) is 19.6. The van der Waals surface area contributed by atoms with E-state index < -0.39 is 0 Å². The van der Waals surface area contributed by atoms with Gasteiger partial charge in [-0.15, -0.1) is 0 Å². The molecule has 0 unspecified atom stereocenters. The van der Waals surface area contributed by atoms with Crippen LogP contribution < -0.4 is 20.1 Å². The number of hydrogen-bond acceptors (Lipinski definition) is 4. The molecule has 0 radical (unpaired) electrons. The maximum atomic E-state index is 11.6. The number of aliphatic imine (C=N–C) groups is 1. The lowest BCUT2D eigenvalue weighted by Crippen LogP contribution is -2.39. The lowest BCUT2D eigenvalue weighted by atomic mass is 10.1. The fraction of sp³-hybridized carbons (Fsp3) is 0.529. The molecule has 2 N–H and O–H groups in total. The summed E-state index contributed by atoms with van der Waals surface area (Å²) in [6.07, 6.45) is 0.798. The first-order valence-corrected chi connectivity index (χ1v) is 7.95. The monoisotopic (exact) mass is 336 g/mol. The molecule has 134 valence electrons. The number of benzene rings is 1. The minimum atomic E-state index is -0.0351. The lowest BCUT2D eigenvalue weighted by molar-refractivity contribution is -0.127. The third-order valence-electron chi connectivity index (χ3n) is 3.37. The number of methoxy groups -OCH3 is 2. The van der Waals surface area contributed by atoms with E-state index in [1.54, 1.807) is 28.3 Å². The van der Waals surface area contributed by atoms with E-state index in [4.69, 9.17) is 9.47 Å². The molecule has 0 fully saturated rings. The molecule has 0 heterocycles. The Bertz CT molecular complexity index is 559. The molecule has 0 aliphatic heterocycles. The summed E-state index contributed by atoms with van der Waals surface area (Å²) in [4.78, 5) is 17.4. The molecule has 0 saturated heterocycles. The van der Waals surface area contributed by atoms with E-state index in [0.717, 1.165) is 18.5 Å². The first-order chi connectivity index (χ1) is 11.5. The summed E-state index contributed by atoms with van der Waals surface area (Å²) in [5.41, 5.74) is 1.13. The molecular formula is C17H28N4O3. The predicted molar refractivity (Wildman–Crippen MR) is 95.9 cm³/mol. The number of ether oxygens (including phenoxy) is 2. The molecule has 0 saturated carbocycles. The second-order valence-corrected chi connectivity index (χ2v) is 5.35.